The molecule has 0 bridgehead atoms. The third-order valence-electron chi connectivity index (χ3n) is 6.38. The van der Waals surface area contributed by atoms with Crippen LogP contribution in [0.1, 0.15) is 23.3 Å². The maximum absolute atomic E-state index is 5.25. The van der Waals surface area contributed by atoms with Crippen LogP contribution in [0.25, 0.3) is 22.8 Å². The Bertz CT molecular complexity index is 1250. The fraction of sp³-hybridized carbons (Fsp3) is 0.400. The number of nitrogens with zero attached hydrogens (tertiary/aromatic N) is 6. The quantitative estimate of drug-likeness (QED) is 0.269. The van der Waals surface area contributed by atoms with Gasteiger partial charge in [0.25, 0.3) is 0 Å². The Morgan fingerprint density at radius 3 is 2.59 bits per heavy atom. The first-order valence-electron chi connectivity index (χ1n) is 11.5. The summed E-state index contributed by atoms with van der Waals surface area (Å²) in [6, 6.07) is 12.9. The Morgan fingerprint density at radius 2 is 1.85 bits per heavy atom. The van der Waals surface area contributed by atoms with E-state index in [0.717, 1.165) is 78.3 Å². The van der Waals surface area contributed by atoms with Crippen molar-refractivity contribution in [2.24, 2.45) is 14.1 Å². The monoisotopic (exact) mass is 498 g/mol. The Morgan fingerprint density at radius 1 is 1.03 bits per heavy atom. The molecule has 0 atom stereocenters. The van der Waals surface area contributed by atoms with Crippen LogP contribution in [0.5, 0.6) is 0 Å². The smallest absolute Gasteiger partial charge is 0.191 e. The predicted octanol–water partition coefficient (Wildman–Crippen LogP) is 4.79. The van der Waals surface area contributed by atoms with E-state index in [1.165, 1.54) is 11.1 Å². The molecule has 180 valence electrons. The Labute approximate surface area is 210 Å². The van der Waals surface area contributed by atoms with E-state index in [0.29, 0.717) is 0 Å². The van der Waals surface area contributed by atoms with E-state index in [1.54, 1.807) is 11.8 Å². The molecular weight excluding hydrogens is 468 g/mol. The summed E-state index contributed by atoms with van der Waals surface area (Å²) < 4.78 is 9.42. The first-order chi connectivity index (χ1) is 16.1. The molecule has 0 radical (unpaired) electrons. The van der Waals surface area contributed by atoms with Crippen LogP contribution < -0.4 is 0 Å². The van der Waals surface area contributed by atoms with Crippen LogP contribution in [-0.2, 0) is 26.9 Å². The van der Waals surface area contributed by atoms with Crippen molar-refractivity contribution in [1.29, 1.82) is 0 Å². The van der Waals surface area contributed by atoms with Gasteiger partial charge in [-0.15, -0.1) is 22.6 Å². The van der Waals surface area contributed by atoms with E-state index in [4.69, 9.17) is 4.52 Å². The van der Waals surface area contributed by atoms with Crippen LogP contribution in [0.4, 0.5) is 0 Å². The lowest BCUT2D eigenvalue weighted by molar-refractivity contribution is 0.289. The van der Waals surface area contributed by atoms with Gasteiger partial charge >= 0.3 is 0 Å². The maximum Gasteiger partial charge on any atom is 0.191 e. The van der Waals surface area contributed by atoms with Crippen molar-refractivity contribution in [2.45, 2.75) is 31.3 Å². The molecule has 0 N–H and O–H groups in total. The van der Waals surface area contributed by atoms with Crippen LogP contribution in [0.2, 0.25) is 0 Å². The lowest BCUT2D eigenvalue weighted by Crippen LogP contribution is -2.27. The number of halogens is 1. The van der Waals surface area contributed by atoms with Crippen LogP contribution >= 0.6 is 24.2 Å². The van der Waals surface area contributed by atoms with Crippen molar-refractivity contribution in [3.05, 3.63) is 59.5 Å². The Hall–Kier alpha value is -2.55. The third-order valence-corrected chi connectivity index (χ3v) is 7.49. The Kier molecular flexibility index (Phi) is 7.80. The first-order valence-corrected chi connectivity index (χ1v) is 12.5. The summed E-state index contributed by atoms with van der Waals surface area (Å²) >= 11 is 1.79. The minimum absolute atomic E-state index is 0. The summed E-state index contributed by atoms with van der Waals surface area (Å²) in [5.41, 5.74) is 6.06. The second kappa shape index (κ2) is 10.8. The fourth-order valence-corrected chi connectivity index (χ4v) is 5.30. The molecule has 3 aromatic heterocycles. The first kappa shape index (κ1) is 24.6. The highest BCUT2D eigenvalue weighted by Gasteiger charge is 2.16. The zero-order valence-electron chi connectivity index (χ0n) is 19.9. The number of hydrogen-bond acceptors (Lipinski definition) is 6. The van der Waals surface area contributed by atoms with Gasteiger partial charge in [0.05, 0.1) is 5.69 Å². The topological polar surface area (TPSA) is 64.9 Å². The lowest BCUT2D eigenvalue weighted by atomic mass is 9.99. The minimum Gasteiger partial charge on any atom is -0.361 e. The van der Waals surface area contributed by atoms with Crippen molar-refractivity contribution >= 4 is 24.2 Å². The van der Waals surface area contributed by atoms with Crippen LogP contribution in [0, 0.1) is 6.92 Å². The number of aryl methyl sites for hydroxylation is 2. The van der Waals surface area contributed by atoms with E-state index in [2.05, 4.69) is 53.7 Å². The highest BCUT2D eigenvalue weighted by atomic mass is 35.5. The molecule has 1 aliphatic heterocycles. The highest BCUT2D eigenvalue weighted by Crippen LogP contribution is 2.26. The van der Waals surface area contributed by atoms with Crippen LogP contribution in [0.15, 0.2) is 52.3 Å². The van der Waals surface area contributed by atoms with Gasteiger partial charge in [-0.05, 0) is 62.1 Å². The SMILES string of the molecule is Cc1cc(-c2ccc3c(c2)CCN(CCCSc2nnc(-c4cccn4C)n2C)CC3)no1.Cl. The molecule has 4 aromatic rings. The molecule has 7 nitrogen and oxygen atoms in total. The molecule has 0 amide bonds. The second-order valence-corrected chi connectivity index (χ2v) is 9.78. The normalized spacial score (nSPS) is 14.0. The van der Waals surface area contributed by atoms with Gasteiger partial charge in [0.15, 0.2) is 11.0 Å². The molecule has 0 saturated carbocycles. The van der Waals surface area contributed by atoms with E-state index in [-0.39, 0.29) is 12.4 Å². The molecule has 1 aliphatic rings. The fourth-order valence-electron chi connectivity index (χ4n) is 4.47. The van der Waals surface area contributed by atoms with Gasteiger partial charge < -0.3 is 18.6 Å². The number of hydrogen-bond donors (Lipinski definition) is 0. The Balaban J connectivity index is 0.00000274. The number of benzene rings is 1. The number of rotatable bonds is 7. The van der Waals surface area contributed by atoms with Crippen LogP contribution in [0.3, 0.4) is 0 Å². The summed E-state index contributed by atoms with van der Waals surface area (Å²) in [5, 5.41) is 14.0. The molecule has 1 aromatic carbocycles. The molecule has 0 aliphatic carbocycles. The summed E-state index contributed by atoms with van der Waals surface area (Å²) in [7, 11) is 4.08. The van der Waals surface area contributed by atoms with Gasteiger partial charge in [0.2, 0.25) is 0 Å². The molecule has 0 fully saturated rings. The molecule has 5 rings (SSSR count). The number of fused-ring (bicyclic) bond motifs is 1. The molecule has 9 heteroatoms. The zero-order valence-corrected chi connectivity index (χ0v) is 21.5. The summed E-state index contributed by atoms with van der Waals surface area (Å²) in [6.45, 7) is 5.25. The molecule has 0 saturated heterocycles. The van der Waals surface area contributed by atoms with Crippen molar-refractivity contribution < 1.29 is 4.52 Å². The van der Waals surface area contributed by atoms with Gasteiger partial charge in [-0.3, -0.25) is 0 Å². The predicted molar refractivity (Wildman–Crippen MR) is 139 cm³/mol. The average molecular weight is 499 g/mol. The summed E-state index contributed by atoms with van der Waals surface area (Å²) in [6.07, 6.45) is 5.35. The highest BCUT2D eigenvalue weighted by molar-refractivity contribution is 7.99. The van der Waals surface area contributed by atoms with E-state index in [9.17, 15) is 0 Å². The molecular formula is C25H31ClN6OS. The van der Waals surface area contributed by atoms with Gasteiger partial charge in [0, 0.05) is 50.8 Å². The summed E-state index contributed by atoms with van der Waals surface area (Å²) in [5.74, 6) is 2.80. The molecule has 34 heavy (non-hydrogen) atoms. The summed E-state index contributed by atoms with van der Waals surface area (Å²) in [4.78, 5) is 2.59. The zero-order chi connectivity index (χ0) is 22.8. The third kappa shape index (κ3) is 5.24. The van der Waals surface area contributed by atoms with Crippen molar-refractivity contribution in [3.8, 4) is 22.8 Å². The average Bonchev–Trinajstić information content (AvgIpc) is 3.49. The van der Waals surface area contributed by atoms with Crippen molar-refractivity contribution in [3.63, 3.8) is 0 Å². The second-order valence-electron chi connectivity index (χ2n) is 8.72. The number of thioether (sulfide) groups is 1. The minimum atomic E-state index is 0. The lowest BCUT2D eigenvalue weighted by Gasteiger charge is -2.19. The standard InChI is InChI=1S/C25H30N6OS.ClH/c1-18-16-22(28-32-18)21-8-7-19-9-13-31(14-10-20(19)17-21)12-5-15-33-25-27-26-24(30(25)3)23-6-4-11-29(23)2;/h4,6-8,11,16-17H,5,9-10,12-15H2,1-3H3;1H. The largest absolute Gasteiger partial charge is 0.361 e. The van der Waals surface area contributed by atoms with Gasteiger partial charge in [-0.2, -0.15) is 0 Å². The van der Waals surface area contributed by atoms with Crippen LogP contribution in [-0.4, -0.2) is 54.8 Å². The van der Waals surface area contributed by atoms with Crippen molar-refractivity contribution in [1.82, 2.24) is 29.4 Å². The molecule has 4 heterocycles. The van der Waals surface area contributed by atoms with Crippen molar-refractivity contribution in [2.75, 3.05) is 25.4 Å². The van der Waals surface area contributed by atoms with Gasteiger partial charge in [-0.1, -0.05) is 29.1 Å². The van der Waals surface area contributed by atoms with E-state index < -0.39 is 0 Å². The van der Waals surface area contributed by atoms with Gasteiger partial charge in [0.1, 0.15) is 11.5 Å². The van der Waals surface area contributed by atoms with Gasteiger partial charge in [-0.25, -0.2) is 0 Å². The molecule has 0 spiro atoms. The molecule has 0 unspecified atom stereocenters. The van der Waals surface area contributed by atoms with E-state index >= 15 is 0 Å². The van der Waals surface area contributed by atoms with E-state index in [1.807, 2.05) is 39.3 Å². The number of aromatic nitrogens is 5. The maximum atomic E-state index is 5.25.